The molecule has 0 spiro atoms. The van der Waals surface area contributed by atoms with E-state index in [2.05, 4.69) is 10.3 Å². The van der Waals surface area contributed by atoms with Crippen molar-refractivity contribution in [2.45, 2.75) is 36.3 Å². The maximum absolute atomic E-state index is 13.1. The molecule has 0 bridgehead atoms. The van der Waals surface area contributed by atoms with Gasteiger partial charge in [-0.3, -0.25) is 14.7 Å². The standard InChI is InChI=1S/C19H18N4O2S/c1-10-3-5-12(6-4-10)23-9-22-16-14-15-13(25-11(2)7-20-15)8-21-18(14)26-17(16)19(23)24/h3-6,8-9,11,16-17,20H,7H2,1-2H3/t11-,16?,17?/m1/s1. The summed E-state index contributed by atoms with van der Waals surface area (Å²) < 4.78 is 5.88. The monoisotopic (exact) mass is 366 g/mol. The molecule has 0 saturated carbocycles. The van der Waals surface area contributed by atoms with Crippen molar-refractivity contribution in [3.63, 3.8) is 0 Å². The molecule has 4 heterocycles. The van der Waals surface area contributed by atoms with E-state index in [0.717, 1.165) is 39.8 Å². The number of ether oxygens (including phenoxy) is 1. The predicted molar refractivity (Wildman–Crippen MR) is 102 cm³/mol. The van der Waals surface area contributed by atoms with Crippen LogP contribution in [0.15, 0.2) is 40.5 Å². The summed E-state index contributed by atoms with van der Waals surface area (Å²) in [4.78, 5) is 24.0. The summed E-state index contributed by atoms with van der Waals surface area (Å²) in [6.07, 6.45) is 3.49. The van der Waals surface area contributed by atoms with E-state index in [-0.39, 0.29) is 23.3 Å². The lowest BCUT2D eigenvalue weighted by Crippen LogP contribution is -2.42. The molecule has 5 rings (SSSR count). The Morgan fingerprint density at radius 3 is 2.92 bits per heavy atom. The zero-order valence-corrected chi connectivity index (χ0v) is 15.3. The Hall–Kier alpha value is -2.54. The summed E-state index contributed by atoms with van der Waals surface area (Å²) in [7, 11) is 0. The second kappa shape index (κ2) is 5.74. The normalized spacial score (nSPS) is 25.8. The van der Waals surface area contributed by atoms with Gasteiger partial charge in [0.1, 0.15) is 22.4 Å². The first-order chi connectivity index (χ1) is 12.6. The summed E-state index contributed by atoms with van der Waals surface area (Å²) in [5.74, 6) is 0.781. The topological polar surface area (TPSA) is 66.8 Å². The maximum atomic E-state index is 13.1. The second-order valence-corrected chi connectivity index (χ2v) is 7.95. The van der Waals surface area contributed by atoms with E-state index in [0.29, 0.717) is 0 Å². The van der Waals surface area contributed by atoms with Gasteiger partial charge < -0.3 is 10.1 Å². The molecule has 1 aromatic heterocycles. The average molecular weight is 366 g/mol. The van der Waals surface area contributed by atoms with E-state index in [1.807, 2.05) is 38.1 Å². The van der Waals surface area contributed by atoms with Crippen molar-refractivity contribution in [2.75, 3.05) is 16.8 Å². The van der Waals surface area contributed by atoms with Crippen LogP contribution in [0.2, 0.25) is 0 Å². The second-order valence-electron chi connectivity index (χ2n) is 6.82. The smallest absolute Gasteiger partial charge is 0.248 e. The number of anilines is 2. The zero-order chi connectivity index (χ0) is 17.8. The number of rotatable bonds is 1. The minimum absolute atomic E-state index is 0.0377. The number of carbonyl (C=O) groups excluding carboxylic acids is 1. The molecule has 132 valence electrons. The molecule has 1 aromatic carbocycles. The molecule has 1 amide bonds. The predicted octanol–water partition coefficient (Wildman–Crippen LogP) is 3.17. The Morgan fingerprint density at radius 2 is 2.12 bits per heavy atom. The fourth-order valence-electron chi connectivity index (χ4n) is 3.54. The number of nitrogens with zero attached hydrogens (tertiary/aromatic N) is 3. The van der Waals surface area contributed by atoms with Crippen LogP contribution in [0.25, 0.3) is 0 Å². The highest BCUT2D eigenvalue weighted by molar-refractivity contribution is 8.01. The third kappa shape index (κ3) is 2.30. The van der Waals surface area contributed by atoms with Crippen molar-refractivity contribution in [2.24, 2.45) is 4.99 Å². The van der Waals surface area contributed by atoms with Crippen molar-refractivity contribution < 1.29 is 9.53 Å². The van der Waals surface area contributed by atoms with Gasteiger partial charge in [0, 0.05) is 11.3 Å². The van der Waals surface area contributed by atoms with E-state index in [1.54, 1.807) is 17.4 Å². The summed E-state index contributed by atoms with van der Waals surface area (Å²) in [6, 6.07) is 7.67. The van der Waals surface area contributed by atoms with Gasteiger partial charge in [0.15, 0.2) is 5.75 Å². The molecule has 26 heavy (non-hydrogen) atoms. The van der Waals surface area contributed by atoms with Crippen molar-refractivity contribution in [3.05, 3.63) is 41.6 Å². The van der Waals surface area contributed by atoms with Crippen LogP contribution in [0.4, 0.5) is 11.4 Å². The van der Waals surface area contributed by atoms with E-state index >= 15 is 0 Å². The molecular weight excluding hydrogens is 348 g/mol. The SMILES string of the molecule is Cc1ccc(N2C=NC3c4c(ncc5c4NC[C@@H](C)O5)SC3C2=O)cc1. The molecule has 7 heteroatoms. The van der Waals surface area contributed by atoms with E-state index in [4.69, 9.17) is 9.73 Å². The van der Waals surface area contributed by atoms with Crippen molar-refractivity contribution >= 4 is 35.4 Å². The molecule has 3 aliphatic rings. The van der Waals surface area contributed by atoms with Crippen molar-refractivity contribution in [1.82, 2.24) is 4.98 Å². The number of carbonyl (C=O) groups is 1. The van der Waals surface area contributed by atoms with Gasteiger partial charge in [-0.15, -0.1) is 0 Å². The summed E-state index contributed by atoms with van der Waals surface area (Å²) in [5, 5.41) is 4.00. The molecule has 0 radical (unpaired) electrons. The number of aromatic nitrogens is 1. The largest absolute Gasteiger partial charge is 0.485 e. The molecule has 3 atom stereocenters. The van der Waals surface area contributed by atoms with Crippen LogP contribution in [0.3, 0.4) is 0 Å². The van der Waals surface area contributed by atoms with Crippen LogP contribution in [0, 0.1) is 6.92 Å². The molecule has 6 nitrogen and oxygen atoms in total. The molecule has 0 fully saturated rings. The number of amides is 1. The summed E-state index contributed by atoms with van der Waals surface area (Å²) >= 11 is 1.49. The highest BCUT2D eigenvalue weighted by Gasteiger charge is 2.46. The number of hydrogen-bond acceptors (Lipinski definition) is 6. The Kier molecular flexibility index (Phi) is 3.46. The molecule has 0 saturated heterocycles. The number of pyridine rings is 1. The molecule has 2 aromatic rings. The van der Waals surface area contributed by atoms with Gasteiger partial charge in [0.2, 0.25) is 5.91 Å². The molecular formula is C19H18N4O2S. The van der Waals surface area contributed by atoms with Gasteiger partial charge in [0.05, 0.1) is 24.8 Å². The van der Waals surface area contributed by atoms with Gasteiger partial charge in [0.25, 0.3) is 0 Å². The van der Waals surface area contributed by atoms with E-state index in [1.165, 1.54) is 11.8 Å². The first kappa shape index (κ1) is 15.7. The van der Waals surface area contributed by atoms with Gasteiger partial charge >= 0.3 is 0 Å². The first-order valence-corrected chi connectivity index (χ1v) is 9.53. The number of aliphatic imine (C=N–C) groups is 1. The maximum Gasteiger partial charge on any atom is 0.248 e. The van der Waals surface area contributed by atoms with Crippen LogP contribution in [-0.2, 0) is 4.79 Å². The number of nitrogens with one attached hydrogen (secondary N) is 1. The van der Waals surface area contributed by atoms with Gasteiger partial charge in [-0.25, -0.2) is 4.98 Å². The molecule has 0 aliphatic carbocycles. The minimum Gasteiger partial charge on any atom is -0.485 e. The molecule has 3 aliphatic heterocycles. The Balaban J connectivity index is 1.53. The Labute approximate surface area is 155 Å². The third-order valence-corrected chi connectivity index (χ3v) is 6.16. The first-order valence-electron chi connectivity index (χ1n) is 8.65. The number of hydrogen-bond donors (Lipinski definition) is 1. The van der Waals surface area contributed by atoms with Crippen molar-refractivity contribution in [3.8, 4) is 5.75 Å². The lowest BCUT2D eigenvalue weighted by atomic mass is 10.0. The van der Waals surface area contributed by atoms with Crippen LogP contribution < -0.4 is 15.0 Å². The Morgan fingerprint density at radius 1 is 1.31 bits per heavy atom. The van der Waals surface area contributed by atoms with E-state index in [9.17, 15) is 4.79 Å². The molecule has 2 unspecified atom stereocenters. The highest BCUT2D eigenvalue weighted by Crippen LogP contribution is 2.52. The van der Waals surface area contributed by atoms with Crippen LogP contribution in [-0.4, -0.2) is 35.1 Å². The van der Waals surface area contributed by atoms with Crippen LogP contribution >= 0.6 is 11.8 Å². The van der Waals surface area contributed by atoms with Gasteiger partial charge in [-0.2, -0.15) is 0 Å². The number of thioether (sulfide) groups is 1. The lowest BCUT2D eigenvalue weighted by Gasteiger charge is -2.30. The lowest BCUT2D eigenvalue weighted by molar-refractivity contribution is -0.117. The van der Waals surface area contributed by atoms with Gasteiger partial charge in [-0.05, 0) is 26.0 Å². The molecule has 1 N–H and O–H groups in total. The Bertz CT molecular complexity index is 928. The number of fused-ring (bicyclic) bond motifs is 5. The fraction of sp³-hybridized carbons (Fsp3) is 0.316. The van der Waals surface area contributed by atoms with Crippen molar-refractivity contribution in [1.29, 1.82) is 0 Å². The summed E-state index contributed by atoms with van der Waals surface area (Å²) in [6.45, 7) is 4.78. The highest BCUT2D eigenvalue weighted by atomic mass is 32.2. The third-order valence-electron chi connectivity index (χ3n) is 4.90. The zero-order valence-electron chi connectivity index (χ0n) is 14.5. The quantitative estimate of drug-likeness (QED) is 0.840. The number of benzene rings is 1. The minimum atomic E-state index is -0.295. The fourth-order valence-corrected chi connectivity index (χ4v) is 4.79. The number of aryl methyl sites for hydroxylation is 1. The van der Waals surface area contributed by atoms with Crippen LogP contribution in [0.5, 0.6) is 5.75 Å². The van der Waals surface area contributed by atoms with Crippen LogP contribution in [0.1, 0.15) is 24.1 Å². The van der Waals surface area contributed by atoms with Gasteiger partial charge in [-0.1, -0.05) is 29.5 Å². The van der Waals surface area contributed by atoms with E-state index < -0.39 is 0 Å². The average Bonchev–Trinajstić information content (AvgIpc) is 3.03. The summed E-state index contributed by atoms with van der Waals surface area (Å²) in [5.41, 5.74) is 3.91.